The monoisotopic (exact) mass is 406 g/mol. The van der Waals surface area contributed by atoms with E-state index in [9.17, 15) is 15.0 Å². The van der Waals surface area contributed by atoms with E-state index in [2.05, 4.69) is 20.8 Å². The first kappa shape index (κ1) is 21.6. The van der Waals surface area contributed by atoms with Gasteiger partial charge in [0.05, 0.1) is 11.7 Å². The summed E-state index contributed by atoms with van der Waals surface area (Å²) in [5.41, 5.74) is -0.0815. The first-order valence-electron chi connectivity index (χ1n) is 12.1. The summed E-state index contributed by atoms with van der Waals surface area (Å²) < 4.78 is 0. The molecule has 4 rings (SSSR count). The zero-order chi connectivity index (χ0) is 21.2. The maximum atomic E-state index is 11.3. The van der Waals surface area contributed by atoms with Crippen molar-refractivity contribution < 1.29 is 20.1 Å². The van der Waals surface area contributed by atoms with Crippen molar-refractivity contribution in [1.82, 2.24) is 0 Å². The van der Waals surface area contributed by atoms with Crippen molar-refractivity contribution in [2.45, 2.75) is 104 Å². The third kappa shape index (κ3) is 3.46. The van der Waals surface area contributed by atoms with Gasteiger partial charge in [0, 0.05) is 6.42 Å². The number of hydrogen-bond acceptors (Lipinski definition) is 3. The maximum absolute atomic E-state index is 11.3. The molecule has 0 heterocycles. The molecule has 0 aromatic carbocycles. The predicted octanol–water partition coefficient (Wildman–Crippen LogP) is 4.87. The van der Waals surface area contributed by atoms with Crippen molar-refractivity contribution in [3.8, 4) is 0 Å². The first-order chi connectivity index (χ1) is 13.5. The van der Waals surface area contributed by atoms with Crippen molar-refractivity contribution in [3.63, 3.8) is 0 Å². The molecular weight excluding hydrogens is 364 g/mol. The van der Waals surface area contributed by atoms with E-state index in [4.69, 9.17) is 5.11 Å². The van der Waals surface area contributed by atoms with E-state index in [1.807, 2.05) is 6.92 Å². The van der Waals surface area contributed by atoms with Gasteiger partial charge in [-0.05, 0) is 111 Å². The van der Waals surface area contributed by atoms with Crippen LogP contribution >= 0.6 is 0 Å². The highest BCUT2D eigenvalue weighted by molar-refractivity contribution is 5.66. The molecule has 6 unspecified atom stereocenters. The molecule has 4 saturated carbocycles. The maximum Gasteiger partial charge on any atom is 0.303 e. The zero-order valence-electron chi connectivity index (χ0n) is 18.9. The Balaban J connectivity index is 1.56. The lowest BCUT2D eigenvalue weighted by molar-refractivity contribution is -0.186. The lowest BCUT2D eigenvalue weighted by Gasteiger charge is -2.63. The summed E-state index contributed by atoms with van der Waals surface area (Å²) in [5.74, 6) is 2.28. The Labute approximate surface area is 176 Å². The minimum Gasteiger partial charge on any atom is -0.481 e. The molecule has 0 saturated heterocycles. The molecule has 0 spiro atoms. The van der Waals surface area contributed by atoms with Crippen LogP contribution in [0.15, 0.2) is 0 Å². The molecule has 4 aliphatic rings. The lowest BCUT2D eigenvalue weighted by Crippen LogP contribution is -2.59. The fourth-order valence-electron chi connectivity index (χ4n) is 8.93. The van der Waals surface area contributed by atoms with Crippen LogP contribution in [0.3, 0.4) is 0 Å². The normalized spacial score (nSPS) is 52.9. The zero-order valence-corrected chi connectivity index (χ0v) is 18.9. The number of carboxylic acid groups (broad SMARTS) is 1. The van der Waals surface area contributed by atoms with Crippen molar-refractivity contribution >= 4 is 5.97 Å². The number of aliphatic carboxylic acids is 1. The Morgan fingerprint density at radius 1 is 1.03 bits per heavy atom. The van der Waals surface area contributed by atoms with Crippen LogP contribution in [0.4, 0.5) is 0 Å². The van der Waals surface area contributed by atoms with Gasteiger partial charge >= 0.3 is 5.97 Å². The van der Waals surface area contributed by atoms with E-state index in [-0.39, 0.29) is 23.4 Å². The number of aliphatic hydroxyl groups excluding tert-OH is 1. The molecule has 4 heteroatoms. The molecule has 4 nitrogen and oxygen atoms in total. The van der Waals surface area contributed by atoms with Crippen LogP contribution in [0.1, 0.15) is 91.9 Å². The molecule has 166 valence electrons. The van der Waals surface area contributed by atoms with Gasteiger partial charge in [0.1, 0.15) is 0 Å². The van der Waals surface area contributed by atoms with E-state index >= 15 is 0 Å². The fraction of sp³-hybridized carbons (Fsp3) is 0.960. The Morgan fingerprint density at radius 2 is 1.72 bits per heavy atom. The number of carbonyl (C=O) groups is 1. The molecule has 10 atom stereocenters. The number of aliphatic hydroxyl groups is 2. The van der Waals surface area contributed by atoms with Crippen molar-refractivity contribution in [2.24, 2.45) is 46.3 Å². The Hall–Kier alpha value is -0.610. The standard InChI is InChI=1S/C25H42O4/c1-15(5-8-21(27)28)17-6-7-18-22-19(9-10-25(17,18)4)24(3)12-11-23(2,29)14-16(24)13-20(22)26/h15-20,22,26,29H,5-14H2,1-4H3,(H,27,28)/t15?,16-,17-,18+,19?,20?,22+,23?,24?,25?/m1/s1. The summed E-state index contributed by atoms with van der Waals surface area (Å²) in [5, 5.41) is 31.1. The average Bonchev–Trinajstić information content (AvgIpc) is 2.98. The SMILES string of the molecule is CC(CCC(=O)O)[C@H]1CC[C@H]2[C@@H]3C(O)C[C@@H]4CC(C)(O)CCC4(C)C3CCC12C. The van der Waals surface area contributed by atoms with Crippen LogP contribution in [0, 0.1) is 46.3 Å². The molecule has 0 amide bonds. The molecule has 0 radical (unpaired) electrons. The summed E-state index contributed by atoms with van der Waals surface area (Å²) >= 11 is 0. The molecule has 4 fully saturated rings. The van der Waals surface area contributed by atoms with Gasteiger partial charge in [-0.1, -0.05) is 20.8 Å². The second-order valence-corrected chi connectivity index (χ2v) is 12.1. The number of hydrogen-bond donors (Lipinski definition) is 3. The minimum atomic E-state index is -0.685. The molecular formula is C25H42O4. The van der Waals surface area contributed by atoms with E-state index < -0.39 is 11.6 Å². The van der Waals surface area contributed by atoms with Crippen molar-refractivity contribution in [2.75, 3.05) is 0 Å². The van der Waals surface area contributed by atoms with Gasteiger partial charge in [-0.3, -0.25) is 4.79 Å². The highest BCUT2D eigenvalue weighted by atomic mass is 16.4. The number of carboxylic acids is 1. The van der Waals surface area contributed by atoms with Gasteiger partial charge in [0.2, 0.25) is 0 Å². The van der Waals surface area contributed by atoms with Crippen LogP contribution in [0.2, 0.25) is 0 Å². The summed E-state index contributed by atoms with van der Waals surface area (Å²) in [6.45, 7) is 9.14. The van der Waals surface area contributed by atoms with Crippen LogP contribution in [-0.4, -0.2) is 33.0 Å². The van der Waals surface area contributed by atoms with Crippen LogP contribution in [0.25, 0.3) is 0 Å². The molecule has 0 aliphatic heterocycles. The summed E-state index contributed by atoms with van der Waals surface area (Å²) in [7, 11) is 0. The third-order valence-corrected chi connectivity index (χ3v) is 10.5. The second-order valence-electron chi connectivity index (χ2n) is 12.1. The summed E-state index contributed by atoms with van der Waals surface area (Å²) in [6.07, 6.45) is 9.22. The predicted molar refractivity (Wildman–Crippen MR) is 113 cm³/mol. The first-order valence-corrected chi connectivity index (χ1v) is 12.1. The molecule has 3 N–H and O–H groups in total. The van der Waals surface area contributed by atoms with Crippen LogP contribution in [-0.2, 0) is 4.79 Å². The largest absolute Gasteiger partial charge is 0.481 e. The Kier molecular flexibility index (Phi) is 5.38. The van der Waals surface area contributed by atoms with Gasteiger partial charge in [-0.2, -0.15) is 0 Å². The second kappa shape index (κ2) is 7.22. The van der Waals surface area contributed by atoms with Gasteiger partial charge < -0.3 is 15.3 Å². The van der Waals surface area contributed by atoms with E-state index in [0.717, 1.165) is 32.1 Å². The van der Waals surface area contributed by atoms with Crippen molar-refractivity contribution in [3.05, 3.63) is 0 Å². The van der Waals surface area contributed by atoms with Gasteiger partial charge in [-0.15, -0.1) is 0 Å². The topological polar surface area (TPSA) is 77.8 Å². The molecule has 29 heavy (non-hydrogen) atoms. The van der Waals surface area contributed by atoms with Gasteiger partial charge in [0.25, 0.3) is 0 Å². The van der Waals surface area contributed by atoms with E-state index in [1.54, 1.807) is 0 Å². The fourth-order valence-corrected chi connectivity index (χ4v) is 8.93. The summed E-state index contributed by atoms with van der Waals surface area (Å²) in [4.78, 5) is 11.1. The van der Waals surface area contributed by atoms with E-state index in [0.29, 0.717) is 35.5 Å². The van der Waals surface area contributed by atoms with E-state index in [1.165, 1.54) is 25.7 Å². The molecule has 0 aromatic heterocycles. The Bertz CT molecular complexity index is 645. The third-order valence-electron chi connectivity index (χ3n) is 10.5. The highest BCUT2D eigenvalue weighted by Gasteiger charge is 2.63. The van der Waals surface area contributed by atoms with Crippen LogP contribution < -0.4 is 0 Å². The molecule has 0 aromatic rings. The van der Waals surface area contributed by atoms with Crippen molar-refractivity contribution in [1.29, 1.82) is 0 Å². The smallest absolute Gasteiger partial charge is 0.303 e. The summed E-state index contributed by atoms with van der Waals surface area (Å²) in [6, 6.07) is 0. The highest BCUT2D eigenvalue weighted by Crippen LogP contribution is 2.68. The quantitative estimate of drug-likeness (QED) is 0.622. The minimum absolute atomic E-state index is 0.240. The van der Waals surface area contributed by atoms with Crippen LogP contribution in [0.5, 0.6) is 0 Å². The molecule has 0 bridgehead atoms. The van der Waals surface area contributed by atoms with Gasteiger partial charge in [0.15, 0.2) is 0 Å². The average molecular weight is 407 g/mol. The number of rotatable bonds is 4. The number of fused-ring (bicyclic) bond motifs is 5. The van der Waals surface area contributed by atoms with Gasteiger partial charge in [-0.25, -0.2) is 0 Å². The lowest BCUT2D eigenvalue weighted by atomic mass is 9.43. The molecule has 4 aliphatic carbocycles. The Morgan fingerprint density at radius 3 is 2.41 bits per heavy atom.